The number of methoxy groups -OCH3 is 1. The number of carbonyl (C=O) groups is 2. The first-order valence-corrected chi connectivity index (χ1v) is 14.8. The Balaban J connectivity index is 1.39. The monoisotopic (exact) mass is 599 g/mol. The Morgan fingerprint density at radius 1 is 1.05 bits per heavy atom. The van der Waals surface area contributed by atoms with E-state index in [1.165, 1.54) is 20.1 Å². The Morgan fingerprint density at radius 3 is 2.50 bits per heavy atom. The summed E-state index contributed by atoms with van der Waals surface area (Å²) in [5, 5.41) is 23.5. The number of rotatable bonds is 10. The lowest BCUT2D eigenvalue weighted by Gasteiger charge is -2.18. The smallest absolute Gasteiger partial charge is 0.276 e. The van der Waals surface area contributed by atoms with Crippen molar-refractivity contribution in [2.45, 2.75) is 52.8 Å². The van der Waals surface area contributed by atoms with Crippen LogP contribution in [0.3, 0.4) is 0 Å². The minimum Gasteiger partial charge on any atom is -0.496 e. The molecule has 1 aliphatic heterocycles. The fourth-order valence-corrected chi connectivity index (χ4v) is 5.72. The van der Waals surface area contributed by atoms with Crippen molar-refractivity contribution in [2.24, 2.45) is 0 Å². The lowest BCUT2D eigenvalue weighted by molar-refractivity contribution is -0.118. The number of amides is 2. The summed E-state index contributed by atoms with van der Waals surface area (Å²) in [4.78, 5) is 24.2. The zero-order valence-corrected chi connectivity index (χ0v) is 25.5. The Bertz CT molecular complexity index is 1700. The number of fused-ring (bicyclic) bond motifs is 1. The molecule has 9 nitrogen and oxygen atoms in total. The Morgan fingerprint density at radius 2 is 1.77 bits per heavy atom. The van der Waals surface area contributed by atoms with Gasteiger partial charge in [-0.05, 0) is 84.3 Å². The summed E-state index contributed by atoms with van der Waals surface area (Å²) < 4.78 is 22.7. The van der Waals surface area contributed by atoms with E-state index < -0.39 is 6.10 Å². The molecule has 1 atom stereocenters. The van der Waals surface area contributed by atoms with Gasteiger partial charge in [-0.15, -0.1) is 0 Å². The number of carbonyl (C=O) groups excluding carboxylic acids is 2. The van der Waals surface area contributed by atoms with Crippen molar-refractivity contribution in [1.29, 1.82) is 0 Å². The maximum atomic E-state index is 15.4. The molecule has 0 aliphatic carbocycles. The highest BCUT2D eigenvalue weighted by Crippen LogP contribution is 2.38. The van der Waals surface area contributed by atoms with Crippen molar-refractivity contribution in [3.8, 4) is 28.0 Å². The standard InChI is InChI=1S/C34H38FN5O4/c1-20-24(23-16-28(35)27(33(17-23)44-4)19-36-13-14-37-22(3)41)8-5-9-25(20)26-10-6-11-29(21(26)2)38-34(43)30-18-31-32(42)12-7-15-40(31)39-30/h5-6,8-11,16-18,32,36,42H,7,12-15,19H2,1-4H3,(H,37,41)(H,38,43). The van der Waals surface area contributed by atoms with Gasteiger partial charge in [0.1, 0.15) is 11.6 Å². The van der Waals surface area contributed by atoms with Crippen LogP contribution in [-0.4, -0.2) is 46.9 Å². The van der Waals surface area contributed by atoms with Crippen molar-refractivity contribution in [2.75, 3.05) is 25.5 Å². The van der Waals surface area contributed by atoms with Crippen LogP contribution in [0.2, 0.25) is 0 Å². The minimum atomic E-state index is -0.611. The molecule has 0 saturated heterocycles. The van der Waals surface area contributed by atoms with Gasteiger partial charge in [0.05, 0.1) is 18.9 Å². The second-order valence-corrected chi connectivity index (χ2v) is 11.0. The van der Waals surface area contributed by atoms with Gasteiger partial charge in [-0.1, -0.05) is 30.3 Å². The van der Waals surface area contributed by atoms with E-state index in [1.807, 2.05) is 56.3 Å². The number of halogens is 1. The molecular formula is C34H38FN5O4. The second-order valence-electron chi connectivity index (χ2n) is 11.0. The molecule has 1 unspecified atom stereocenters. The number of ether oxygens (including phenoxy) is 1. The third kappa shape index (κ3) is 6.51. The van der Waals surface area contributed by atoms with Gasteiger partial charge in [0.25, 0.3) is 5.91 Å². The number of aryl methyl sites for hydroxylation is 1. The highest BCUT2D eigenvalue weighted by molar-refractivity contribution is 6.04. The van der Waals surface area contributed by atoms with Gasteiger partial charge in [-0.2, -0.15) is 5.10 Å². The summed E-state index contributed by atoms with van der Waals surface area (Å²) >= 11 is 0. The van der Waals surface area contributed by atoms with Crippen molar-refractivity contribution in [3.63, 3.8) is 0 Å². The maximum Gasteiger partial charge on any atom is 0.276 e. The summed E-state index contributed by atoms with van der Waals surface area (Å²) in [6.07, 6.45) is 0.868. The quantitative estimate of drug-likeness (QED) is 0.184. The number of anilines is 1. The number of hydrogen-bond donors (Lipinski definition) is 4. The van der Waals surface area contributed by atoms with E-state index in [0.29, 0.717) is 54.3 Å². The van der Waals surface area contributed by atoms with Crippen LogP contribution in [0, 0.1) is 19.7 Å². The first kappa shape index (κ1) is 30.9. The molecule has 0 fully saturated rings. The van der Waals surface area contributed by atoms with Crippen molar-refractivity contribution in [3.05, 3.63) is 88.5 Å². The minimum absolute atomic E-state index is 0.113. The van der Waals surface area contributed by atoms with E-state index in [2.05, 4.69) is 21.0 Å². The molecule has 10 heteroatoms. The number of aliphatic hydroxyl groups is 1. The molecule has 5 rings (SSSR count). The van der Waals surface area contributed by atoms with Crippen molar-refractivity contribution in [1.82, 2.24) is 20.4 Å². The number of nitrogens with one attached hydrogen (secondary N) is 3. The van der Waals surface area contributed by atoms with Gasteiger partial charge in [-0.3, -0.25) is 14.3 Å². The van der Waals surface area contributed by atoms with E-state index in [1.54, 1.807) is 10.7 Å². The molecular weight excluding hydrogens is 561 g/mol. The Labute approximate surface area is 256 Å². The Hall–Kier alpha value is -4.54. The SMILES string of the molecule is COc1cc(-c2cccc(-c3cccc(NC(=O)c4cc5n(n4)CCCC5O)c3C)c2C)cc(F)c1CNCCNC(C)=O. The number of aliphatic hydroxyl groups excluding tert-OH is 1. The number of benzene rings is 3. The average Bonchev–Trinajstić information content (AvgIpc) is 3.45. The fraction of sp³-hybridized carbons (Fsp3) is 0.324. The largest absolute Gasteiger partial charge is 0.496 e. The van der Waals surface area contributed by atoms with Crippen molar-refractivity contribution >= 4 is 17.5 Å². The van der Waals surface area contributed by atoms with Crippen LogP contribution < -0.4 is 20.7 Å². The van der Waals surface area contributed by atoms with E-state index in [-0.39, 0.29) is 29.9 Å². The van der Waals surface area contributed by atoms with E-state index >= 15 is 4.39 Å². The molecule has 1 aliphatic rings. The number of nitrogens with zero attached hydrogens (tertiary/aromatic N) is 2. The molecule has 4 aromatic rings. The molecule has 0 bridgehead atoms. The molecule has 230 valence electrons. The van der Waals surface area contributed by atoms with Crippen LogP contribution in [0.15, 0.2) is 54.6 Å². The molecule has 4 N–H and O–H groups in total. The molecule has 3 aromatic carbocycles. The van der Waals surface area contributed by atoms with E-state index in [9.17, 15) is 14.7 Å². The van der Waals surface area contributed by atoms with Gasteiger partial charge in [-0.25, -0.2) is 4.39 Å². The zero-order valence-electron chi connectivity index (χ0n) is 25.5. The molecule has 44 heavy (non-hydrogen) atoms. The second kappa shape index (κ2) is 13.4. The van der Waals surface area contributed by atoms with Crippen LogP contribution in [-0.2, 0) is 17.9 Å². The first-order valence-electron chi connectivity index (χ1n) is 14.8. The molecule has 0 spiro atoms. The topological polar surface area (TPSA) is 118 Å². The third-order valence-corrected chi connectivity index (χ3v) is 8.10. The fourth-order valence-electron chi connectivity index (χ4n) is 5.72. The van der Waals surface area contributed by atoms with Gasteiger partial charge >= 0.3 is 0 Å². The number of aromatic nitrogens is 2. The Kier molecular flexibility index (Phi) is 9.41. The van der Waals surface area contributed by atoms with Crippen LogP contribution in [0.5, 0.6) is 5.75 Å². The van der Waals surface area contributed by atoms with Crippen LogP contribution in [0.25, 0.3) is 22.3 Å². The average molecular weight is 600 g/mol. The van der Waals surface area contributed by atoms with Crippen LogP contribution >= 0.6 is 0 Å². The molecule has 0 saturated carbocycles. The van der Waals surface area contributed by atoms with E-state index in [4.69, 9.17) is 4.74 Å². The molecule has 1 aromatic heterocycles. The van der Waals surface area contributed by atoms with Gasteiger partial charge < -0.3 is 25.8 Å². The normalized spacial score (nSPS) is 14.2. The highest BCUT2D eigenvalue weighted by atomic mass is 19.1. The summed E-state index contributed by atoms with van der Waals surface area (Å²) in [7, 11) is 1.52. The zero-order chi connectivity index (χ0) is 31.4. The van der Waals surface area contributed by atoms with Crippen LogP contribution in [0.1, 0.15) is 58.7 Å². The number of hydrogen-bond acceptors (Lipinski definition) is 6. The van der Waals surface area contributed by atoms with Gasteiger partial charge in [0, 0.05) is 44.4 Å². The predicted molar refractivity (Wildman–Crippen MR) is 168 cm³/mol. The van der Waals surface area contributed by atoms with Crippen molar-refractivity contribution < 1.29 is 23.8 Å². The molecule has 2 heterocycles. The highest BCUT2D eigenvalue weighted by Gasteiger charge is 2.23. The van der Waals surface area contributed by atoms with E-state index in [0.717, 1.165) is 34.2 Å². The molecule has 0 radical (unpaired) electrons. The first-order chi connectivity index (χ1) is 21.2. The lowest BCUT2D eigenvalue weighted by atomic mass is 9.90. The molecule has 2 amide bonds. The summed E-state index contributed by atoms with van der Waals surface area (Å²) in [5.41, 5.74) is 7.30. The summed E-state index contributed by atoms with van der Waals surface area (Å²) in [6.45, 7) is 7.29. The summed E-state index contributed by atoms with van der Waals surface area (Å²) in [6, 6.07) is 16.7. The maximum absolute atomic E-state index is 15.4. The van der Waals surface area contributed by atoms with Crippen LogP contribution in [0.4, 0.5) is 10.1 Å². The van der Waals surface area contributed by atoms with Gasteiger partial charge in [0.15, 0.2) is 5.69 Å². The van der Waals surface area contributed by atoms with Gasteiger partial charge in [0.2, 0.25) is 5.91 Å². The third-order valence-electron chi connectivity index (χ3n) is 8.10. The lowest BCUT2D eigenvalue weighted by Crippen LogP contribution is -2.30. The summed E-state index contributed by atoms with van der Waals surface area (Å²) in [5.74, 6) is -0.396. The predicted octanol–water partition coefficient (Wildman–Crippen LogP) is 5.29.